The number of hydrogen-bond donors (Lipinski definition) is 0. The van der Waals surface area contributed by atoms with E-state index in [2.05, 4.69) is 28.7 Å². The van der Waals surface area contributed by atoms with E-state index in [1.807, 2.05) is 24.4 Å². The molecule has 0 aromatic carbocycles. The van der Waals surface area contributed by atoms with Gasteiger partial charge in [0, 0.05) is 29.8 Å². The standard InChI is InChI=1S/C13H18N2OS/c1-15-9-13(10-15)6-12(8-17-13)16-7-11-4-2-3-5-14-11/h2-5,12H,6-10H2,1H3/t12-/m1/s1. The van der Waals surface area contributed by atoms with Crippen molar-refractivity contribution in [3.8, 4) is 0 Å². The van der Waals surface area contributed by atoms with Crippen molar-refractivity contribution >= 4 is 11.8 Å². The number of nitrogens with zero attached hydrogens (tertiary/aromatic N) is 2. The van der Waals surface area contributed by atoms with E-state index in [0.29, 0.717) is 17.5 Å². The molecule has 0 N–H and O–H groups in total. The molecule has 1 atom stereocenters. The van der Waals surface area contributed by atoms with Gasteiger partial charge in [-0.3, -0.25) is 4.98 Å². The molecular weight excluding hydrogens is 232 g/mol. The fourth-order valence-electron chi connectivity index (χ4n) is 2.75. The molecule has 2 fully saturated rings. The highest BCUT2D eigenvalue weighted by Gasteiger charge is 2.47. The molecule has 0 saturated carbocycles. The predicted molar refractivity (Wildman–Crippen MR) is 70.1 cm³/mol. The molecule has 3 nitrogen and oxygen atoms in total. The first-order chi connectivity index (χ1) is 8.26. The van der Waals surface area contributed by atoms with E-state index < -0.39 is 0 Å². The Balaban J connectivity index is 1.48. The lowest BCUT2D eigenvalue weighted by Gasteiger charge is -2.45. The Labute approximate surface area is 107 Å². The smallest absolute Gasteiger partial charge is 0.0892 e. The van der Waals surface area contributed by atoms with Crippen molar-refractivity contribution < 1.29 is 4.74 Å². The van der Waals surface area contributed by atoms with Gasteiger partial charge in [0.05, 0.1) is 18.4 Å². The van der Waals surface area contributed by atoms with Crippen molar-refractivity contribution in [1.29, 1.82) is 0 Å². The van der Waals surface area contributed by atoms with Crippen molar-refractivity contribution in [2.45, 2.75) is 23.9 Å². The Morgan fingerprint density at radius 3 is 3.12 bits per heavy atom. The van der Waals surface area contributed by atoms with Gasteiger partial charge in [-0.05, 0) is 25.6 Å². The third-order valence-electron chi connectivity index (χ3n) is 3.48. The molecule has 0 bridgehead atoms. The van der Waals surface area contributed by atoms with Gasteiger partial charge in [-0.25, -0.2) is 0 Å². The molecule has 3 heterocycles. The van der Waals surface area contributed by atoms with Crippen LogP contribution >= 0.6 is 11.8 Å². The van der Waals surface area contributed by atoms with Crippen LogP contribution in [0.3, 0.4) is 0 Å². The lowest BCUT2D eigenvalue weighted by atomic mass is 9.94. The van der Waals surface area contributed by atoms with E-state index in [-0.39, 0.29) is 0 Å². The Bertz CT molecular complexity index is 378. The van der Waals surface area contributed by atoms with Crippen molar-refractivity contribution in [3.63, 3.8) is 0 Å². The minimum Gasteiger partial charge on any atom is -0.371 e. The van der Waals surface area contributed by atoms with Crippen LogP contribution in [0.5, 0.6) is 0 Å². The van der Waals surface area contributed by atoms with Crippen LogP contribution in [0.2, 0.25) is 0 Å². The van der Waals surface area contributed by atoms with Gasteiger partial charge in [0.1, 0.15) is 0 Å². The molecule has 2 aliphatic rings. The second kappa shape index (κ2) is 4.59. The first kappa shape index (κ1) is 11.5. The fraction of sp³-hybridized carbons (Fsp3) is 0.615. The summed E-state index contributed by atoms with van der Waals surface area (Å²) < 4.78 is 6.46. The van der Waals surface area contributed by atoms with Crippen LogP contribution in [0.1, 0.15) is 12.1 Å². The van der Waals surface area contributed by atoms with Crippen LogP contribution in [0.25, 0.3) is 0 Å². The Morgan fingerprint density at radius 1 is 1.53 bits per heavy atom. The fourth-order valence-corrected chi connectivity index (χ4v) is 4.43. The number of thioether (sulfide) groups is 1. The molecule has 17 heavy (non-hydrogen) atoms. The summed E-state index contributed by atoms with van der Waals surface area (Å²) in [5.41, 5.74) is 1.03. The summed E-state index contributed by atoms with van der Waals surface area (Å²) in [6.07, 6.45) is 3.44. The molecule has 1 aromatic rings. The Kier molecular flexibility index (Phi) is 3.11. The van der Waals surface area contributed by atoms with Gasteiger partial charge in [-0.2, -0.15) is 0 Å². The van der Waals surface area contributed by atoms with Gasteiger partial charge in [0.15, 0.2) is 0 Å². The Morgan fingerprint density at radius 2 is 2.41 bits per heavy atom. The van der Waals surface area contributed by atoms with Crippen molar-refractivity contribution in [2.75, 3.05) is 25.9 Å². The average Bonchev–Trinajstić information content (AvgIpc) is 2.72. The second-order valence-electron chi connectivity index (χ2n) is 5.12. The quantitative estimate of drug-likeness (QED) is 0.816. The summed E-state index contributed by atoms with van der Waals surface area (Å²) in [6, 6.07) is 5.97. The zero-order valence-electron chi connectivity index (χ0n) is 10.1. The lowest BCUT2D eigenvalue weighted by Crippen LogP contribution is -2.56. The monoisotopic (exact) mass is 250 g/mol. The van der Waals surface area contributed by atoms with E-state index in [1.54, 1.807) is 0 Å². The van der Waals surface area contributed by atoms with Gasteiger partial charge in [0.25, 0.3) is 0 Å². The zero-order chi connectivity index (χ0) is 11.7. The van der Waals surface area contributed by atoms with E-state index in [9.17, 15) is 0 Å². The molecule has 1 aromatic heterocycles. The summed E-state index contributed by atoms with van der Waals surface area (Å²) in [7, 11) is 2.19. The van der Waals surface area contributed by atoms with Gasteiger partial charge in [0.2, 0.25) is 0 Å². The second-order valence-corrected chi connectivity index (χ2v) is 6.61. The average molecular weight is 250 g/mol. The van der Waals surface area contributed by atoms with Crippen LogP contribution in [-0.2, 0) is 11.3 Å². The SMILES string of the molecule is CN1CC2(C[C@@H](OCc3ccccn3)CS2)C1. The number of aromatic nitrogens is 1. The minimum atomic E-state index is 0.413. The normalized spacial score (nSPS) is 27.2. The molecular formula is C13H18N2OS. The van der Waals surface area contributed by atoms with Gasteiger partial charge in [-0.1, -0.05) is 6.07 Å². The highest BCUT2D eigenvalue weighted by molar-refractivity contribution is 8.01. The number of likely N-dealkylation sites (tertiary alicyclic amines) is 1. The van der Waals surface area contributed by atoms with Gasteiger partial charge >= 0.3 is 0 Å². The number of ether oxygens (including phenoxy) is 1. The molecule has 3 rings (SSSR count). The molecule has 2 saturated heterocycles. The lowest BCUT2D eigenvalue weighted by molar-refractivity contribution is 0.0317. The van der Waals surface area contributed by atoms with Crippen LogP contribution < -0.4 is 0 Å². The van der Waals surface area contributed by atoms with E-state index in [4.69, 9.17) is 4.74 Å². The van der Waals surface area contributed by atoms with E-state index >= 15 is 0 Å². The van der Waals surface area contributed by atoms with Crippen LogP contribution in [0.15, 0.2) is 24.4 Å². The molecule has 0 radical (unpaired) electrons. The third-order valence-corrected chi connectivity index (χ3v) is 5.06. The third kappa shape index (κ3) is 2.49. The minimum absolute atomic E-state index is 0.413. The first-order valence-electron chi connectivity index (χ1n) is 6.10. The summed E-state index contributed by atoms with van der Waals surface area (Å²) in [5.74, 6) is 1.14. The molecule has 0 aliphatic carbocycles. The number of rotatable bonds is 3. The maximum Gasteiger partial charge on any atom is 0.0892 e. The maximum atomic E-state index is 5.95. The Hall–Kier alpha value is -0.580. The molecule has 4 heteroatoms. The van der Waals surface area contributed by atoms with Crippen molar-refractivity contribution in [3.05, 3.63) is 30.1 Å². The summed E-state index contributed by atoms with van der Waals surface area (Å²) >= 11 is 2.09. The first-order valence-corrected chi connectivity index (χ1v) is 7.08. The highest BCUT2D eigenvalue weighted by atomic mass is 32.2. The zero-order valence-corrected chi connectivity index (χ0v) is 10.9. The topological polar surface area (TPSA) is 25.4 Å². The van der Waals surface area contributed by atoms with Crippen LogP contribution in [0, 0.1) is 0 Å². The number of pyridine rings is 1. The van der Waals surface area contributed by atoms with Crippen LogP contribution in [-0.4, -0.2) is 46.6 Å². The van der Waals surface area contributed by atoms with Gasteiger partial charge in [-0.15, -0.1) is 11.8 Å². The summed E-state index contributed by atoms with van der Waals surface area (Å²) in [4.78, 5) is 6.67. The van der Waals surface area contributed by atoms with E-state index in [0.717, 1.165) is 11.4 Å². The summed E-state index contributed by atoms with van der Waals surface area (Å²) in [5, 5.41) is 0. The largest absolute Gasteiger partial charge is 0.371 e. The predicted octanol–water partition coefficient (Wildman–Crippen LogP) is 1.79. The van der Waals surface area contributed by atoms with Crippen molar-refractivity contribution in [2.24, 2.45) is 0 Å². The van der Waals surface area contributed by atoms with Crippen molar-refractivity contribution in [1.82, 2.24) is 9.88 Å². The number of hydrogen-bond acceptors (Lipinski definition) is 4. The maximum absolute atomic E-state index is 5.95. The highest BCUT2D eigenvalue weighted by Crippen LogP contribution is 2.45. The molecule has 0 amide bonds. The van der Waals surface area contributed by atoms with Gasteiger partial charge < -0.3 is 9.64 Å². The molecule has 1 spiro atoms. The molecule has 2 aliphatic heterocycles. The molecule has 0 unspecified atom stereocenters. The van der Waals surface area contributed by atoms with Crippen LogP contribution in [0.4, 0.5) is 0 Å². The molecule has 92 valence electrons. The summed E-state index contributed by atoms with van der Waals surface area (Å²) in [6.45, 7) is 3.10. The van der Waals surface area contributed by atoms with E-state index in [1.165, 1.54) is 19.5 Å².